The standard InChI is InChI=1S/C14H19N3O3/c1-2-6-16-7-3-13(18)17(14(16)19)8-5-15-10-12-4-9-20-11-12/h3-4,7,9,11,15H,2,5-6,8,10H2,1H3. The Kier molecular flexibility index (Phi) is 4.95. The Balaban J connectivity index is 1.96. The van der Waals surface area contributed by atoms with Gasteiger partial charge in [-0.3, -0.25) is 9.36 Å². The van der Waals surface area contributed by atoms with E-state index in [1.165, 1.54) is 10.6 Å². The van der Waals surface area contributed by atoms with Crippen LogP contribution in [0.2, 0.25) is 0 Å². The number of aryl methyl sites for hydroxylation is 1. The molecule has 0 saturated heterocycles. The summed E-state index contributed by atoms with van der Waals surface area (Å²) in [5, 5.41) is 3.17. The van der Waals surface area contributed by atoms with Gasteiger partial charge in [0.05, 0.1) is 12.5 Å². The number of nitrogens with one attached hydrogen (secondary N) is 1. The molecule has 2 heterocycles. The van der Waals surface area contributed by atoms with Crippen LogP contribution in [0.25, 0.3) is 0 Å². The fourth-order valence-electron chi connectivity index (χ4n) is 1.99. The van der Waals surface area contributed by atoms with Gasteiger partial charge < -0.3 is 14.3 Å². The highest BCUT2D eigenvalue weighted by Crippen LogP contribution is 1.97. The number of hydrogen-bond donors (Lipinski definition) is 1. The Hall–Kier alpha value is -2.08. The maximum atomic E-state index is 12.1. The van der Waals surface area contributed by atoms with E-state index in [4.69, 9.17) is 4.42 Å². The molecule has 6 heteroatoms. The second-order valence-electron chi connectivity index (χ2n) is 4.59. The molecule has 0 aliphatic heterocycles. The SMILES string of the molecule is CCCn1ccc(=O)n(CCNCc2ccoc2)c1=O. The molecule has 0 spiro atoms. The van der Waals surface area contributed by atoms with Crippen LogP contribution in [0.15, 0.2) is 44.9 Å². The molecule has 1 N–H and O–H groups in total. The molecule has 6 nitrogen and oxygen atoms in total. The zero-order valence-electron chi connectivity index (χ0n) is 11.5. The largest absolute Gasteiger partial charge is 0.472 e. The van der Waals surface area contributed by atoms with E-state index >= 15 is 0 Å². The Morgan fingerprint density at radius 3 is 2.80 bits per heavy atom. The second kappa shape index (κ2) is 6.91. The van der Waals surface area contributed by atoms with Crippen molar-refractivity contribution in [2.45, 2.75) is 33.0 Å². The lowest BCUT2D eigenvalue weighted by Crippen LogP contribution is -2.41. The first-order chi connectivity index (χ1) is 9.72. The molecule has 0 aromatic carbocycles. The molecule has 0 aliphatic carbocycles. The van der Waals surface area contributed by atoms with Crippen LogP contribution in [0.1, 0.15) is 18.9 Å². The topological polar surface area (TPSA) is 69.2 Å². The van der Waals surface area contributed by atoms with E-state index in [1.54, 1.807) is 23.3 Å². The van der Waals surface area contributed by atoms with Crippen molar-refractivity contribution in [3.8, 4) is 0 Å². The minimum Gasteiger partial charge on any atom is -0.472 e. The molecule has 0 radical (unpaired) electrons. The quantitative estimate of drug-likeness (QED) is 0.760. The predicted molar refractivity (Wildman–Crippen MR) is 75.7 cm³/mol. The number of aromatic nitrogens is 2. The van der Waals surface area contributed by atoms with Crippen molar-refractivity contribution in [2.75, 3.05) is 6.54 Å². The summed E-state index contributed by atoms with van der Waals surface area (Å²) >= 11 is 0. The molecule has 2 aromatic heterocycles. The minimum atomic E-state index is -0.257. The lowest BCUT2D eigenvalue weighted by Gasteiger charge is -2.09. The number of hydrogen-bond acceptors (Lipinski definition) is 4. The summed E-state index contributed by atoms with van der Waals surface area (Å²) < 4.78 is 7.79. The zero-order valence-corrected chi connectivity index (χ0v) is 11.5. The minimum absolute atomic E-state index is 0.246. The van der Waals surface area contributed by atoms with E-state index in [9.17, 15) is 9.59 Å². The fourth-order valence-corrected chi connectivity index (χ4v) is 1.99. The first kappa shape index (κ1) is 14.3. The third-order valence-corrected chi connectivity index (χ3v) is 3.03. The average molecular weight is 277 g/mol. The van der Waals surface area contributed by atoms with Gasteiger partial charge in [0.2, 0.25) is 0 Å². The van der Waals surface area contributed by atoms with Gasteiger partial charge in [-0.2, -0.15) is 0 Å². The molecule has 0 saturated carbocycles. The molecule has 0 amide bonds. The lowest BCUT2D eigenvalue weighted by molar-refractivity contribution is 0.517. The summed E-state index contributed by atoms with van der Waals surface area (Å²) in [5.41, 5.74) is 0.533. The van der Waals surface area contributed by atoms with E-state index < -0.39 is 0 Å². The molecule has 0 unspecified atom stereocenters. The third-order valence-electron chi connectivity index (χ3n) is 3.03. The smallest absolute Gasteiger partial charge is 0.331 e. The van der Waals surface area contributed by atoms with Crippen LogP contribution in [0, 0.1) is 0 Å². The van der Waals surface area contributed by atoms with Crippen LogP contribution < -0.4 is 16.6 Å². The van der Waals surface area contributed by atoms with Crippen molar-refractivity contribution in [1.82, 2.24) is 14.5 Å². The summed E-state index contributed by atoms with van der Waals surface area (Å²) in [6.45, 7) is 4.19. The van der Waals surface area contributed by atoms with Gasteiger partial charge in [-0.25, -0.2) is 4.79 Å². The van der Waals surface area contributed by atoms with Crippen molar-refractivity contribution in [1.29, 1.82) is 0 Å². The van der Waals surface area contributed by atoms with Gasteiger partial charge in [-0.05, 0) is 12.5 Å². The van der Waals surface area contributed by atoms with Crippen LogP contribution in [0.3, 0.4) is 0 Å². The average Bonchev–Trinajstić information content (AvgIpc) is 2.94. The lowest BCUT2D eigenvalue weighted by atomic mass is 10.3. The molecule has 0 aliphatic rings. The third kappa shape index (κ3) is 3.48. The highest BCUT2D eigenvalue weighted by Gasteiger charge is 2.04. The van der Waals surface area contributed by atoms with E-state index in [-0.39, 0.29) is 11.2 Å². The Morgan fingerprint density at radius 2 is 2.10 bits per heavy atom. The predicted octanol–water partition coefficient (Wildman–Crippen LogP) is 0.803. The maximum Gasteiger partial charge on any atom is 0.331 e. The van der Waals surface area contributed by atoms with Crippen molar-refractivity contribution < 1.29 is 4.42 Å². The van der Waals surface area contributed by atoms with Gasteiger partial charge >= 0.3 is 5.69 Å². The van der Waals surface area contributed by atoms with Crippen LogP contribution in [0.4, 0.5) is 0 Å². The van der Waals surface area contributed by atoms with Crippen molar-refractivity contribution in [2.24, 2.45) is 0 Å². The van der Waals surface area contributed by atoms with E-state index in [0.717, 1.165) is 12.0 Å². The van der Waals surface area contributed by atoms with Gasteiger partial charge in [0.1, 0.15) is 0 Å². The molecule has 20 heavy (non-hydrogen) atoms. The van der Waals surface area contributed by atoms with Gasteiger partial charge in [0.25, 0.3) is 5.56 Å². The molecule has 2 aromatic rings. The summed E-state index contributed by atoms with van der Waals surface area (Å²) in [6, 6.07) is 3.31. The summed E-state index contributed by atoms with van der Waals surface area (Å²) in [5.74, 6) is 0. The Morgan fingerprint density at radius 1 is 1.25 bits per heavy atom. The first-order valence-corrected chi connectivity index (χ1v) is 6.74. The van der Waals surface area contributed by atoms with Crippen LogP contribution in [-0.2, 0) is 19.6 Å². The van der Waals surface area contributed by atoms with Gasteiger partial charge in [-0.1, -0.05) is 6.92 Å². The molecule has 108 valence electrons. The normalized spacial score (nSPS) is 10.8. The molecule has 0 atom stereocenters. The number of nitrogens with zero attached hydrogens (tertiary/aromatic N) is 2. The molecular weight excluding hydrogens is 258 g/mol. The summed E-state index contributed by atoms with van der Waals surface area (Å²) in [6.07, 6.45) is 5.69. The monoisotopic (exact) mass is 277 g/mol. The first-order valence-electron chi connectivity index (χ1n) is 6.74. The summed E-state index contributed by atoms with van der Waals surface area (Å²) in [4.78, 5) is 23.8. The number of rotatable bonds is 7. The molecule has 0 bridgehead atoms. The Labute approximate surface area is 116 Å². The van der Waals surface area contributed by atoms with E-state index in [2.05, 4.69) is 5.32 Å². The second-order valence-corrected chi connectivity index (χ2v) is 4.59. The fraction of sp³-hybridized carbons (Fsp3) is 0.429. The van der Waals surface area contributed by atoms with Crippen molar-refractivity contribution in [3.05, 3.63) is 57.3 Å². The van der Waals surface area contributed by atoms with E-state index in [0.29, 0.717) is 26.2 Å². The van der Waals surface area contributed by atoms with Gasteiger partial charge in [-0.15, -0.1) is 0 Å². The van der Waals surface area contributed by atoms with Crippen LogP contribution in [0.5, 0.6) is 0 Å². The van der Waals surface area contributed by atoms with Crippen LogP contribution >= 0.6 is 0 Å². The summed E-state index contributed by atoms with van der Waals surface area (Å²) in [7, 11) is 0. The maximum absolute atomic E-state index is 12.1. The highest BCUT2D eigenvalue weighted by atomic mass is 16.3. The highest BCUT2D eigenvalue weighted by molar-refractivity contribution is 5.04. The van der Waals surface area contributed by atoms with Crippen molar-refractivity contribution in [3.63, 3.8) is 0 Å². The van der Waals surface area contributed by atoms with Crippen molar-refractivity contribution >= 4 is 0 Å². The number of furan rings is 1. The van der Waals surface area contributed by atoms with Crippen LogP contribution in [-0.4, -0.2) is 15.7 Å². The van der Waals surface area contributed by atoms with Gasteiger partial charge in [0, 0.05) is 44.0 Å². The Bertz CT molecular complexity index is 640. The van der Waals surface area contributed by atoms with E-state index in [1.807, 2.05) is 13.0 Å². The molecule has 0 fully saturated rings. The molecule has 2 rings (SSSR count). The van der Waals surface area contributed by atoms with Gasteiger partial charge in [0.15, 0.2) is 0 Å². The molecular formula is C14H19N3O3. The zero-order chi connectivity index (χ0) is 14.4.